The van der Waals surface area contributed by atoms with Gasteiger partial charge in [-0.05, 0) is 38.8 Å². The van der Waals surface area contributed by atoms with Gasteiger partial charge in [-0.3, -0.25) is 14.3 Å². The summed E-state index contributed by atoms with van der Waals surface area (Å²) in [7, 11) is 1.86. The monoisotopic (exact) mass is 344 g/mol. The number of nitrogens with one attached hydrogen (secondary N) is 1. The largest absolute Gasteiger partial charge is 0.327 e. The first-order valence-corrected chi connectivity index (χ1v) is 8.26. The molecule has 25 heavy (non-hydrogen) atoms. The van der Waals surface area contributed by atoms with Gasteiger partial charge in [-0.2, -0.15) is 5.10 Å². The second-order valence-corrected chi connectivity index (χ2v) is 6.30. The Morgan fingerprint density at radius 2 is 2.00 bits per heavy atom. The van der Waals surface area contributed by atoms with Crippen LogP contribution >= 0.6 is 0 Å². The molecule has 1 atom stereocenters. The van der Waals surface area contributed by atoms with Crippen molar-refractivity contribution in [1.29, 1.82) is 0 Å². The summed E-state index contributed by atoms with van der Waals surface area (Å²) in [5.41, 5.74) is 2.84. The minimum absolute atomic E-state index is 0.00494. The molecule has 1 N–H and O–H groups in total. The molecule has 1 aromatic heterocycles. The molecular formula is C18H21FN4O2. The molecule has 0 bridgehead atoms. The van der Waals surface area contributed by atoms with Crippen LogP contribution < -0.4 is 5.32 Å². The van der Waals surface area contributed by atoms with E-state index >= 15 is 0 Å². The van der Waals surface area contributed by atoms with Crippen LogP contribution in [-0.2, 0) is 16.6 Å². The van der Waals surface area contributed by atoms with Crippen molar-refractivity contribution in [1.82, 2.24) is 14.7 Å². The molecule has 1 aromatic carbocycles. The van der Waals surface area contributed by atoms with E-state index in [0.29, 0.717) is 6.54 Å². The number of para-hydroxylation sites is 1. The van der Waals surface area contributed by atoms with Gasteiger partial charge in [0, 0.05) is 24.8 Å². The molecule has 6 nitrogen and oxygen atoms in total. The number of amides is 2. The van der Waals surface area contributed by atoms with Gasteiger partial charge in [0.05, 0.1) is 17.4 Å². The first-order chi connectivity index (χ1) is 11.9. The van der Waals surface area contributed by atoms with Gasteiger partial charge in [-0.1, -0.05) is 12.1 Å². The second-order valence-electron chi connectivity index (χ2n) is 6.30. The molecule has 1 saturated heterocycles. The van der Waals surface area contributed by atoms with Crippen molar-refractivity contribution in [3.05, 3.63) is 47.0 Å². The molecule has 2 heterocycles. The van der Waals surface area contributed by atoms with Crippen LogP contribution in [0.4, 0.5) is 10.1 Å². The number of carbonyl (C=O) groups is 2. The van der Waals surface area contributed by atoms with E-state index in [1.54, 1.807) is 15.6 Å². The number of nitrogens with zero attached hydrogens (tertiary/aromatic N) is 3. The lowest BCUT2D eigenvalue weighted by Gasteiger charge is -2.24. The molecule has 7 heteroatoms. The molecule has 0 aliphatic carbocycles. The topological polar surface area (TPSA) is 67.2 Å². The van der Waals surface area contributed by atoms with Crippen molar-refractivity contribution >= 4 is 17.5 Å². The van der Waals surface area contributed by atoms with E-state index in [2.05, 4.69) is 10.4 Å². The fourth-order valence-corrected chi connectivity index (χ4v) is 3.45. The van der Waals surface area contributed by atoms with Crippen molar-refractivity contribution in [3.8, 4) is 0 Å². The molecule has 1 aliphatic rings. The lowest BCUT2D eigenvalue weighted by Crippen LogP contribution is -2.39. The molecule has 3 rings (SSSR count). The van der Waals surface area contributed by atoms with Crippen molar-refractivity contribution in [3.63, 3.8) is 0 Å². The fourth-order valence-electron chi connectivity index (χ4n) is 3.45. The van der Waals surface area contributed by atoms with E-state index in [0.717, 1.165) is 29.8 Å². The van der Waals surface area contributed by atoms with E-state index in [1.165, 1.54) is 18.2 Å². The fraction of sp³-hybridized carbons (Fsp3) is 0.389. The predicted molar refractivity (Wildman–Crippen MR) is 91.4 cm³/mol. The van der Waals surface area contributed by atoms with Crippen LogP contribution in [0.3, 0.4) is 0 Å². The van der Waals surface area contributed by atoms with Crippen molar-refractivity contribution in [2.75, 3.05) is 11.9 Å². The first kappa shape index (κ1) is 17.1. The minimum Gasteiger partial charge on any atom is -0.327 e. The van der Waals surface area contributed by atoms with Gasteiger partial charge in [0.15, 0.2) is 0 Å². The molecule has 0 spiro atoms. The summed E-state index contributed by atoms with van der Waals surface area (Å²) in [5.74, 6) is -2.04. The van der Waals surface area contributed by atoms with E-state index in [-0.39, 0.29) is 11.7 Å². The van der Waals surface area contributed by atoms with Gasteiger partial charge in [0.2, 0.25) is 0 Å². The van der Waals surface area contributed by atoms with Crippen LogP contribution in [0.2, 0.25) is 0 Å². The molecule has 2 amide bonds. The molecular weight excluding hydrogens is 323 g/mol. The Hall–Kier alpha value is -2.70. The van der Waals surface area contributed by atoms with Gasteiger partial charge >= 0.3 is 11.8 Å². The molecule has 1 fully saturated rings. The highest BCUT2D eigenvalue weighted by Crippen LogP contribution is 2.35. The van der Waals surface area contributed by atoms with E-state index in [4.69, 9.17) is 0 Å². The van der Waals surface area contributed by atoms with Crippen molar-refractivity contribution < 1.29 is 14.0 Å². The predicted octanol–water partition coefficient (Wildman–Crippen LogP) is 2.48. The summed E-state index contributed by atoms with van der Waals surface area (Å²) in [6.07, 6.45) is 1.60. The maximum absolute atomic E-state index is 13.7. The quantitative estimate of drug-likeness (QED) is 0.851. The van der Waals surface area contributed by atoms with Gasteiger partial charge in [0.1, 0.15) is 5.82 Å². The summed E-state index contributed by atoms with van der Waals surface area (Å²) < 4.78 is 15.5. The van der Waals surface area contributed by atoms with Gasteiger partial charge in [-0.25, -0.2) is 4.39 Å². The Morgan fingerprint density at radius 1 is 1.28 bits per heavy atom. The number of hydrogen-bond donors (Lipinski definition) is 1. The van der Waals surface area contributed by atoms with Gasteiger partial charge in [0.25, 0.3) is 0 Å². The Labute approximate surface area is 145 Å². The summed E-state index contributed by atoms with van der Waals surface area (Å²) in [5, 5.41) is 6.77. The zero-order valence-electron chi connectivity index (χ0n) is 14.5. The average Bonchev–Trinajstić information content (AvgIpc) is 3.13. The number of benzene rings is 1. The number of aromatic nitrogens is 2. The van der Waals surface area contributed by atoms with Crippen LogP contribution in [0.25, 0.3) is 0 Å². The normalized spacial score (nSPS) is 17.0. The maximum Gasteiger partial charge on any atom is 0.314 e. The molecule has 1 aliphatic heterocycles. The summed E-state index contributed by atoms with van der Waals surface area (Å²) in [4.78, 5) is 26.5. The van der Waals surface area contributed by atoms with Crippen LogP contribution in [-0.4, -0.2) is 33.0 Å². The van der Waals surface area contributed by atoms with Crippen molar-refractivity contribution in [2.24, 2.45) is 7.05 Å². The van der Waals surface area contributed by atoms with Crippen LogP contribution in [0.1, 0.15) is 35.8 Å². The van der Waals surface area contributed by atoms with E-state index in [9.17, 15) is 14.0 Å². The number of anilines is 1. The summed E-state index contributed by atoms with van der Waals surface area (Å²) >= 11 is 0. The number of aryl methyl sites for hydroxylation is 2. The molecule has 2 aromatic rings. The molecule has 0 saturated carbocycles. The lowest BCUT2D eigenvalue weighted by atomic mass is 10.0. The third-order valence-electron chi connectivity index (χ3n) is 4.73. The third kappa shape index (κ3) is 3.14. The van der Waals surface area contributed by atoms with Crippen molar-refractivity contribution in [2.45, 2.75) is 32.7 Å². The van der Waals surface area contributed by atoms with Crippen LogP contribution in [0, 0.1) is 19.7 Å². The standard InChI is InChI=1S/C18H21FN4O2/c1-11-16(12(2)22(3)21-11)15-9-6-10-23(15)18(25)17(24)20-14-8-5-4-7-13(14)19/h4-5,7-8,15H,6,9-10H2,1-3H3,(H,20,24). The maximum atomic E-state index is 13.7. The number of carbonyl (C=O) groups excluding carboxylic acids is 2. The smallest absolute Gasteiger partial charge is 0.314 e. The SMILES string of the molecule is Cc1nn(C)c(C)c1C1CCCN1C(=O)C(=O)Nc1ccccc1F. The minimum atomic E-state index is -0.823. The van der Waals surface area contributed by atoms with E-state index < -0.39 is 17.6 Å². The van der Waals surface area contributed by atoms with Crippen LogP contribution in [0.15, 0.2) is 24.3 Å². The Balaban J connectivity index is 1.81. The number of halogens is 1. The Morgan fingerprint density at radius 3 is 2.64 bits per heavy atom. The lowest BCUT2D eigenvalue weighted by molar-refractivity contribution is -0.143. The third-order valence-corrected chi connectivity index (χ3v) is 4.73. The number of likely N-dealkylation sites (tertiary alicyclic amines) is 1. The van der Waals surface area contributed by atoms with Gasteiger partial charge in [-0.15, -0.1) is 0 Å². The highest BCUT2D eigenvalue weighted by Gasteiger charge is 2.36. The Bertz CT molecular complexity index is 830. The first-order valence-electron chi connectivity index (χ1n) is 8.26. The average molecular weight is 344 g/mol. The molecule has 132 valence electrons. The van der Waals surface area contributed by atoms with E-state index in [1.807, 2.05) is 20.9 Å². The zero-order valence-corrected chi connectivity index (χ0v) is 14.5. The molecule has 1 unspecified atom stereocenters. The highest BCUT2D eigenvalue weighted by atomic mass is 19.1. The number of rotatable bonds is 2. The highest BCUT2D eigenvalue weighted by molar-refractivity contribution is 6.39. The Kier molecular flexibility index (Phi) is 4.57. The molecule has 0 radical (unpaired) electrons. The second kappa shape index (κ2) is 6.66. The van der Waals surface area contributed by atoms with Crippen LogP contribution in [0.5, 0.6) is 0 Å². The number of hydrogen-bond acceptors (Lipinski definition) is 3. The zero-order chi connectivity index (χ0) is 18.1. The van der Waals surface area contributed by atoms with Gasteiger partial charge < -0.3 is 10.2 Å². The summed E-state index contributed by atoms with van der Waals surface area (Å²) in [6.45, 7) is 4.36. The summed E-state index contributed by atoms with van der Waals surface area (Å²) in [6, 6.07) is 5.62.